The van der Waals surface area contributed by atoms with E-state index in [-0.39, 0.29) is 0 Å². The van der Waals surface area contributed by atoms with Crippen molar-refractivity contribution in [1.82, 2.24) is 0 Å². The summed E-state index contributed by atoms with van der Waals surface area (Å²) in [5.74, 6) is 0. The van der Waals surface area contributed by atoms with Gasteiger partial charge in [0.15, 0.2) is 0 Å². The van der Waals surface area contributed by atoms with Crippen LogP contribution in [0, 0.1) is 0 Å². The number of hydrogen-bond acceptors (Lipinski definition) is 2. The molecule has 1 rings (SSSR count). The molecule has 0 amide bonds. The molecule has 1 N–H and O–H groups in total. The zero-order valence-corrected chi connectivity index (χ0v) is 9.80. The molecular weight excluding hydrogens is 176 g/mol. The third-order valence-corrected chi connectivity index (χ3v) is 2.29. The highest BCUT2D eigenvalue weighted by Gasteiger charge is 2.20. The Morgan fingerprint density at radius 2 is 1.71 bits per heavy atom. The van der Waals surface area contributed by atoms with Gasteiger partial charge in [0.1, 0.15) is 0 Å². The normalized spacial score (nSPS) is 18.6. The number of epoxide rings is 1. The second-order valence-electron chi connectivity index (χ2n) is 3.88. The van der Waals surface area contributed by atoms with E-state index in [1.165, 1.54) is 32.1 Å². The maximum atomic E-state index is 8.07. The molecule has 1 saturated heterocycles. The molecule has 2 nitrogen and oxygen atoms in total. The van der Waals surface area contributed by atoms with Gasteiger partial charge in [-0.05, 0) is 12.8 Å². The molecular formula is C12H26O2. The van der Waals surface area contributed by atoms with Crippen molar-refractivity contribution in [2.75, 3.05) is 13.2 Å². The Hall–Kier alpha value is -0.0800. The Morgan fingerprint density at radius 1 is 1.07 bits per heavy atom. The number of rotatable bonds is 7. The summed E-state index contributed by atoms with van der Waals surface area (Å²) in [6.45, 7) is 5.67. The predicted molar refractivity (Wildman–Crippen MR) is 60.5 cm³/mol. The van der Waals surface area contributed by atoms with Crippen molar-refractivity contribution in [1.29, 1.82) is 0 Å². The Labute approximate surface area is 88.7 Å². The lowest BCUT2D eigenvalue weighted by atomic mass is 10.1. The minimum atomic E-state index is 0.344. The third kappa shape index (κ3) is 11.9. The lowest BCUT2D eigenvalue weighted by Gasteiger charge is -1.93. The van der Waals surface area contributed by atoms with Crippen LogP contribution in [-0.2, 0) is 4.74 Å². The van der Waals surface area contributed by atoms with Gasteiger partial charge < -0.3 is 9.84 Å². The average molecular weight is 202 g/mol. The number of unbranched alkanes of at least 4 members (excludes halogenated alkanes) is 4. The van der Waals surface area contributed by atoms with Crippen LogP contribution in [0.15, 0.2) is 0 Å². The molecule has 2 heteroatoms. The third-order valence-electron chi connectivity index (χ3n) is 2.29. The molecule has 0 bridgehead atoms. The number of hydrogen-bond donors (Lipinski definition) is 1. The van der Waals surface area contributed by atoms with Gasteiger partial charge in [0.2, 0.25) is 0 Å². The van der Waals surface area contributed by atoms with Crippen molar-refractivity contribution in [2.24, 2.45) is 0 Å². The van der Waals surface area contributed by atoms with Crippen molar-refractivity contribution < 1.29 is 9.84 Å². The number of aliphatic hydroxyl groups is 1. The van der Waals surface area contributed by atoms with Crippen LogP contribution in [0.2, 0.25) is 0 Å². The van der Waals surface area contributed by atoms with Gasteiger partial charge in [-0.25, -0.2) is 0 Å². The monoisotopic (exact) mass is 202 g/mol. The summed E-state index contributed by atoms with van der Waals surface area (Å²) in [6, 6.07) is 0. The zero-order chi connectivity index (χ0) is 10.6. The summed E-state index contributed by atoms with van der Waals surface area (Å²) in [5, 5.41) is 8.07. The van der Waals surface area contributed by atoms with Crippen LogP contribution < -0.4 is 0 Å². The summed E-state index contributed by atoms with van der Waals surface area (Å²) in [6.07, 6.45) is 9.51. The van der Waals surface area contributed by atoms with Crippen molar-refractivity contribution in [3.63, 3.8) is 0 Å². The van der Waals surface area contributed by atoms with Crippen molar-refractivity contribution in [2.45, 2.75) is 64.9 Å². The maximum Gasteiger partial charge on any atom is 0.0810 e. The van der Waals surface area contributed by atoms with Gasteiger partial charge in [0.05, 0.1) is 12.7 Å². The van der Waals surface area contributed by atoms with E-state index >= 15 is 0 Å². The molecule has 1 aliphatic heterocycles. The van der Waals surface area contributed by atoms with E-state index in [0.29, 0.717) is 12.7 Å². The topological polar surface area (TPSA) is 32.8 Å². The highest BCUT2D eigenvalue weighted by atomic mass is 16.6. The molecule has 1 atom stereocenters. The van der Waals surface area contributed by atoms with Crippen molar-refractivity contribution >= 4 is 0 Å². The molecule has 1 fully saturated rings. The molecule has 0 aromatic rings. The van der Waals surface area contributed by atoms with Crippen LogP contribution in [0.5, 0.6) is 0 Å². The van der Waals surface area contributed by atoms with Gasteiger partial charge in [-0.2, -0.15) is 0 Å². The van der Waals surface area contributed by atoms with Gasteiger partial charge in [-0.1, -0.05) is 46.0 Å². The molecule has 0 aromatic heterocycles. The van der Waals surface area contributed by atoms with Crippen LogP contribution in [-0.4, -0.2) is 24.4 Å². The molecule has 0 spiro atoms. The summed E-state index contributed by atoms with van der Waals surface area (Å²) >= 11 is 0. The van der Waals surface area contributed by atoms with Gasteiger partial charge in [-0.3, -0.25) is 0 Å². The second kappa shape index (κ2) is 11.0. The smallest absolute Gasteiger partial charge is 0.0810 e. The summed E-state index contributed by atoms with van der Waals surface area (Å²) in [5.41, 5.74) is 0. The van der Waals surface area contributed by atoms with E-state index in [0.717, 1.165) is 19.4 Å². The first-order chi connectivity index (χ1) is 6.85. The second-order valence-corrected chi connectivity index (χ2v) is 3.88. The zero-order valence-electron chi connectivity index (χ0n) is 9.80. The summed E-state index contributed by atoms with van der Waals surface area (Å²) < 4.78 is 5.09. The van der Waals surface area contributed by atoms with E-state index in [1.807, 2.05) is 0 Å². The molecule has 0 radical (unpaired) electrons. The number of ether oxygens (including phenoxy) is 1. The largest absolute Gasteiger partial charge is 0.396 e. The Balaban J connectivity index is 0.000000292. The van der Waals surface area contributed by atoms with Crippen molar-refractivity contribution in [3.8, 4) is 0 Å². The van der Waals surface area contributed by atoms with Gasteiger partial charge in [0.25, 0.3) is 0 Å². The lowest BCUT2D eigenvalue weighted by molar-refractivity contribution is 0.287. The molecule has 1 unspecified atom stereocenters. The van der Waals surface area contributed by atoms with Crippen LogP contribution >= 0.6 is 0 Å². The van der Waals surface area contributed by atoms with E-state index in [2.05, 4.69) is 13.8 Å². The first kappa shape index (κ1) is 13.9. The molecule has 86 valence electrons. The molecule has 0 saturated carbocycles. The van der Waals surface area contributed by atoms with Gasteiger partial charge >= 0.3 is 0 Å². The van der Waals surface area contributed by atoms with Crippen LogP contribution in [0.3, 0.4) is 0 Å². The first-order valence-corrected chi connectivity index (χ1v) is 6.07. The van der Waals surface area contributed by atoms with E-state index in [9.17, 15) is 0 Å². The highest BCUT2D eigenvalue weighted by molar-refractivity contribution is 4.67. The summed E-state index contributed by atoms with van der Waals surface area (Å²) in [7, 11) is 0. The fraction of sp³-hybridized carbons (Fsp3) is 1.00. The van der Waals surface area contributed by atoms with Crippen LogP contribution in [0.25, 0.3) is 0 Å². The predicted octanol–water partition coefficient (Wildman–Crippen LogP) is 3.13. The van der Waals surface area contributed by atoms with Crippen LogP contribution in [0.4, 0.5) is 0 Å². The van der Waals surface area contributed by atoms with Crippen molar-refractivity contribution in [3.05, 3.63) is 0 Å². The standard InChI is InChI=1S/C8H16O.C4H10O/c1-2-3-4-5-6-8-7-9-8;1-2-3-4-5/h8H,2-7H2,1H3;5H,2-4H2,1H3. The maximum absolute atomic E-state index is 8.07. The fourth-order valence-electron chi connectivity index (χ4n) is 1.19. The number of aliphatic hydroxyl groups excluding tert-OH is 1. The van der Waals surface area contributed by atoms with Gasteiger partial charge in [-0.15, -0.1) is 0 Å². The van der Waals surface area contributed by atoms with Gasteiger partial charge in [0, 0.05) is 6.61 Å². The van der Waals surface area contributed by atoms with E-state index in [1.54, 1.807) is 0 Å². The molecule has 0 aromatic carbocycles. The Kier molecular flexibility index (Phi) is 10.9. The first-order valence-electron chi connectivity index (χ1n) is 6.07. The Bertz CT molecular complexity index is 98.5. The molecule has 14 heavy (non-hydrogen) atoms. The lowest BCUT2D eigenvalue weighted by Crippen LogP contribution is -1.84. The van der Waals surface area contributed by atoms with E-state index in [4.69, 9.17) is 9.84 Å². The minimum Gasteiger partial charge on any atom is -0.396 e. The molecule has 1 heterocycles. The minimum absolute atomic E-state index is 0.344. The fourth-order valence-corrected chi connectivity index (χ4v) is 1.19. The average Bonchev–Trinajstić information content (AvgIpc) is 2.99. The van der Waals surface area contributed by atoms with E-state index < -0.39 is 0 Å². The SMILES string of the molecule is CCCCCCC1CO1.CCCCO. The van der Waals surface area contributed by atoms with Crippen LogP contribution in [0.1, 0.15) is 58.8 Å². The highest BCUT2D eigenvalue weighted by Crippen LogP contribution is 2.17. The molecule has 0 aliphatic carbocycles. The quantitative estimate of drug-likeness (QED) is 0.508. The summed E-state index contributed by atoms with van der Waals surface area (Å²) in [4.78, 5) is 0. The Morgan fingerprint density at radius 3 is 2.07 bits per heavy atom. The molecule has 1 aliphatic rings.